The number of hydrogen-bond donors (Lipinski definition) is 0. The van der Waals surface area contributed by atoms with Crippen LogP contribution < -0.4 is 3.07 Å². The molecule has 3 aromatic rings. The molecule has 0 aliphatic rings. The fourth-order valence-electron chi connectivity index (χ4n) is 2.15. The summed E-state index contributed by atoms with van der Waals surface area (Å²) < 4.78 is 1.42. The predicted molar refractivity (Wildman–Crippen MR) is 66.9 cm³/mol. The molecule has 0 aliphatic heterocycles. The molecule has 0 heterocycles. The summed E-state index contributed by atoms with van der Waals surface area (Å²) in [4.78, 5) is 0. The zero-order chi connectivity index (χ0) is 11.0. The first-order valence-corrected chi connectivity index (χ1v) is 14.9. The SMILES string of the molecule is [Cl][Hg][c]1cccc2cc3ccccc3cc12. The van der Waals surface area contributed by atoms with Crippen LogP contribution in [0.2, 0.25) is 0 Å². The second-order valence-corrected chi connectivity index (χ2v) is 10.3. The average Bonchev–Trinajstić information content (AvgIpc) is 2.35. The van der Waals surface area contributed by atoms with Crippen LogP contribution in [0.15, 0.2) is 54.6 Å². The second-order valence-electron chi connectivity index (χ2n) is 3.97. The number of hydrogen-bond acceptors (Lipinski definition) is 0. The van der Waals surface area contributed by atoms with E-state index in [1.54, 1.807) is 0 Å². The minimum atomic E-state index is -1.34. The topological polar surface area (TPSA) is 0 Å². The van der Waals surface area contributed by atoms with Crippen molar-refractivity contribution < 1.29 is 23.3 Å². The van der Waals surface area contributed by atoms with Gasteiger partial charge in [0.25, 0.3) is 0 Å². The first-order chi connectivity index (χ1) is 7.88. The monoisotopic (exact) mass is 414 g/mol. The summed E-state index contributed by atoms with van der Waals surface area (Å²) >= 11 is -1.34. The van der Waals surface area contributed by atoms with Gasteiger partial charge in [0.2, 0.25) is 0 Å². The summed E-state index contributed by atoms with van der Waals surface area (Å²) in [6, 6.07) is 19.5. The quantitative estimate of drug-likeness (QED) is 0.420. The molecule has 0 atom stereocenters. The number of benzene rings is 3. The molecule has 0 bridgehead atoms. The molecule has 0 radical (unpaired) electrons. The Labute approximate surface area is 110 Å². The molecule has 0 nitrogen and oxygen atoms in total. The fraction of sp³-hybridized carbons (Fsp3) is 0. The Bertz CT molecular complexity index is 661. The maximum absolute atomic E-state index is 6.18. The Hall–Kier alpha value is -0.595. The third-order valence-corrected chi connectivity index (χ3v) is 9.02. The Balaban J connectivity index is 2.46. The first kappa shape index (κ1) is 10.6. The van der Waals surface area contributed by atoms with Gasteiger partial charge in [0.05, 0.1) is 0 Å². The summed E-state index contributed by atoms with van der Waals surface area (Å²) in [5, 5.41) is 5.29. The molecule has 0 saturated heterocycles. The van der Waals surface area contributed by atoms with Crippen molar-refractivity contribution in [2.24, 2.45) is 0 Å². The van der Waals surface area contributed by atoms with E-state index in [2.05, 4.69) is 54.6 Å². The van der Waals surface area contributed by atoms with Crippen molar-refractivity contribution >= 4 is 32.9 Å². The van der Waals surface area contributed by atoms with Crippen molar-refractivity contribution in [1.29, 1.82) is 0 Å². The fourth-order valence-corrected chi connectivity index (χ4v) is 6.82. The average molecular weight is 413 g/mol. The molecule has 0 spiro atoms. The number of fused-ring (bicyclic) bond motifs is 2. The second kappa shape index (κ2) is 4.35. The van der Waals surface area contributed by atoms with E-state index in [0.29, 0.717) is 0 Å². The zero-order valence-corrected chi connectivity index (χ0v) is 15.0. The van der Waals surface area contributed by atoms with Crippen LogP contribution in [0.1, 0.15) is 0 Å². The molecular formula is C14H9ClHg. The maximum atomic E-state index is 6.18. The van der Waals surface area contributed by atoms with E-state index in [-0.39, 0.29) is 0 Å². The Morgan fingerprint density at radius 3 is 2.19 bits per heavy atom. The van der Waals surface area contributed by atoms with Crippen molar-refractivity contribution in [3.8, 4) is 0 Å². The third-order valence-electron chi connectivity index (χ3n) is 2.98. The van der Waals surface area contributed by atoms with Crippen molar-refractivity contribution in [2.45, 2.75) is 0 Å². The standard InChI is InChI=1S/C14H9.ClH.Hg/c1-2-6-12-10-14-8-4-3-7-13(14)9-11(12)5-1;;/h1-7,9-10H;1H;/q;;+1/p-1. The molecule has 0 aromatic heterocycles. The summed E-state index contributed by atoms with van der Waals surface area (Å²) in [5.41, 5.74) is 0. The van der Waals surface area contributed by atoms with Crippen LogP contribution in [0.3, 0.4) is 0 Å². The van der Waals surface area contributed by atoms with Crippen molar-refractivity contribution in [3.63, 3.8) is 0 Å². The molecule has 0 amide bonds. The van der Waals surface area contributed by atoms with Gasteiger partial charge in [-0.1, -0.05) is 0 Å². The van der Waals surface area contributed by atoms with Crippen molar-refractivity contribution in [2.75, 3.05) is 0 Å². The Morgan fingerprint density at radius 1 is 0.750 bits per heavy atom. The van der Waals surface area contributed by atoms with Crippen LogP contribution in [0, 0.1) is 0 Å². The normalized spacial score (nSPS) is 10.6. The number of halogens is 1. The molecule has 0 fully saturated rings. The van der Waals surface area contributed by atoms with Gasteiger partial charge in [-0.25, -0.2) is 0 Å². The van der Waals surface area contributed by atoms with Gasteiger partial charge in [0.15, 0.2) is 0 Å². The van der Waals surface area contributed by atoms with Gasteiger partial charge in [-0.05, 0) is 0 Å². The molecule has 3 rings (SSSR count). The van der Waals surface area contributed by atoms with Crippen molar-refractivity contribution in [3.05, 3.63) is 54.6 Å². The molecule has 0 unspecified atom stereocenters. The molecule has 0 aliphatic carbocycles. The zero-order valence-electron chi connectivity index (χ0n) is 8.78. The van der Waals surface area contributed by atoms with Crippen LogP contribution in [-0.2, 0) is 23.3 Å². The molecule has 74 valence electrons. The molecule has 0 N–H and O–H groups in total. The third kappa shape index (κ3) is 1.74. The van der Waals surface area contributed by atoms with E-state index in [9.17, 15) is 0 Å². The van der Waals surface area contributed by atoms with Gasteiger partial charge in [0.1, 0.15) is 0 Å². The van der Waals surface area contributed by atoms with Gasteiger partial charge in [-0.3, -0.25) is 0 Å². The first-order valence-electron chi connectivity index (χ1n) is 5.35. The Kier molecular flexibility index (Phi) is 2.87. The van der Waals surface area contributed by atoms with Gasteiger partial charge in [-0.15, -0.1) is 0 Å². The van der Waals surface area contributed by atoms with Crippen molar-refractivity contribution in [1.82, 2.24) is 0 Å². The van der Waals surface area contributed by atoms with Crippen LogP contribution >= 0.6 is 8.25 Å². The summed E-state index contributed by atoms with van der Waals surface area (Å²) in [6.45, 7) is 0. The van der Waals surface area contributed by atoms with Crippen LogP contribution in [0.5, 0.6) is 0 Å². The van der Waals surface area contributed by atoms with Gasteiger partial charge in [-0.2, -0.15) is 0 Å². The molecule has 3 aromatic carbocycles. The van der Waals surface area contributed by atoms with Crippen LogP contribution in [-0.4, -0.2) is 0 Å². The van der Waals surface area contributed by atoms with E-state index in [0.717, 1.165) is 0 Å². The van der Waals surface area contributed by atoms with E-state index in [1.165, 1.54) is 24.6 Å². The van der Waals surface area contributed by atoms with E-state index in [4.69, 9.17) is 8.25 Å². The molecule has 2 heteroatoms. The molecule has 0 saturated carbocycles. The summed E-state index contributed by atoms with van der Waals surface area (Å²) in [5.74, 6) is 0. The van der Waals surface area contributed by atoms with E-state index in [1.807, 2.05) is 0 Å². The molecular weight excluding hydrogens is 404 g/mol. The summed E-state index contributed by atoms with van der Waals surface area (Å²) in [7, 11) is 6.18. The van der Waals surface area contributed by atoms with E-state index < -0.39 is 23.3 Å². The van der Waals surface area contributed by atoms with Gasteiger partial charge >= 0.3 is 111 Å². The predicted octanol–water partition coefficient (Wildman–Crippen LogP) is 3.85. The minimum absolute atomic E-state index is 1.30. The van der Waals surface area contributed by atoms with Gasteiger partial charge < -0.3 is 0 Å². The summed E-state index contributed by atoms with van der Waals surface area (Å²) in [6.07, 6.45) is 0. The number of rotatable bonds is 1. The van der Waals surface area contributed by atoms with E-state index >= 15 is 0 Å². The van der Waals surface area contributed by atoms with Gasteiger partial charge in [0, 0.05) is 0 Å². The van der Waals surface area contributed by atoms with Crippen LogP contribution in [0.4, 0.5) is 0 Å². The molecule has 16 heavy (non-hydrogen) atoms. The van der Waals surface area contributed by atoms with Crippen LogP contribution in [0.25, 0.3) is 21.5 Å². The Morgan fingerprint density at radius 2 is 1.44 bits per heavy atom.